The maximum absolute atomic E-state index is 14.1. The summed E-state index contributed by atoms with van der Waals surface area (Å²) in [6.07, 6.45) is 0. The van der Waals surface area contributed by atoms with Crippen molar-refractivity contribution >= 4 is 32.3 Å². The summed E-state index contributed by atoms with van der Waals surface area (Å²) in [4.78, 5) is 0. The summed E-state index contributed by atoms with van der Waals surface area (Å²) in [6, 6.07) is 25.4. The van der Waals surface area contributed by atoms with E-state index in [0.29, 0.717) is 5.56 Å². The van der Waals surface area contributed by atoms with Crippen molar-refractivity contribution in [2.75, 3.05) is 0 Å². The quantitative estimate of drug-likeness (QED) is 0.291. The molecule has 5 aromatic carbocycles. The van der Waals surface area contributed by atoms with Crippen molar-refractivity contribution in [2.45, 2.75) is 13.8 Å². The summed E-state index contributed by atoms with van der Waals surface area (Å²) in [5, 5.41) is 25.4. The third kappa shape index (κ3) is 2.85. The van der Waals surface area contributed by atoms with E-state index >= 15 is 0 Å². The second kappa shape index (κ2) is 7.23. The first kappa shape index (κ1) is 18.4. The van der Waals surface area contributed by atoms with Crippen LogP contribution in [0.4, 0.5) is 4.39 Å². The van der Waals surface area contributed by atoms with Crippen molar-refractivity contribution in [3.63, 3.8) is 0 Å². The number of benzene rings is 5. The van der Waals surface area contributed by atoms with Crippen LogP contribution in [0.5, 0.6) is 0 Å². The fourth-order valence-electron chi connectivity index (χ4n) is 3.87. The van der Waals surface area contributed by atoms with Gasteiger partial charge in [0.05, 0.1) is 11.1 Å². The minimum atomic E-state index is -0.763. The molecule has 0 N–H and O–H groups in total. The van der Waals surface area contributed by atoms with Gasteiger partial charge < -0.3 is 0 Å². The molecule has 0 radical (unpaired) electrons. The summed E-state index contributed by atoms with van der Waals surface area (Å²) in [6.45, 7) is 4.00. The van der Waals surface area contributed by atoms with Gasteiger partial charge in [-0.3, -0.25) is 0 Å². The number of nitrogens with zero attached hydrogens (tertiary/aromatic N) is 2. The van der Waals surface area contributed by atoms with Gasteiger partial charge >= 0.3 is 0 Å². The molecule has 0 aliphatic carbocycles. The zero-order chi connectivity index (χ0) is 20.5. The Morgan fingerprint density at radius 3 is 1.52 bits per heavy atom. The Kier molecular flexibility index (Phi) is 4.59. The Bertz CT molecular complexity index is 1350. The first-order valence-electron chi connectivity index (χ1n) is 9.51. The van der Waals surface area contributed by atoms with Crippen LogP contribution in [-0.2, 0) is 0 Å². The molecule has 0 aliphatic rings. The van der Waals surface area contributed by atoms with Gasteiger partial charge in [0.25, 0.3) is 0 Å². The Morgan fingerprint density at radius 1 is 0.621 bits per heavy atom. The second-order valence-corrected chi connectivity index (χ2v) is 6.62. The van der Waals surface area contributed by atoms with Crippen molar-refractivity contribution < 1.29 is 4.39 Å². The van der Waals surface area contributed by atoms with Crippen LogP contribution < -0.4 is 0 Å². The van der Waals surface area contributed by atoms with Gasteiger partial charge in [-0.2, -0.15) is 10.5 Å². The molecule has 3 heteroatoms. The maximum atomic E-state index is 14.1. The highest BCUT2D eigenvalue weighted by Gasteiger charge is 2.14. The molecule has 0 bridgehead atoms. The Hall–Kier alpha value is -3.95. The van der Waals surface area contributed by atoms with Gasteiger partial charge in [0.2, 0.25) is 0 Å². The van der Waals surface area contributed by atoms with Crippen LogP contribution >= 0.6 is 0 Å². The molecule has 5 rings (SSSR count). The molecule has 0 fully saturated rings. The van der Waals surface area contributed by atoms with Crippen LogP contribution in [0, 0.1) is 28.5 Å². The van der Waals surface area contributed by atoms with Crippen LogP contribution in [-0.4, -0.2) is 0 Å². The van der Waals surface area contributed by atoms with Crippen molar-refractivity contribution in [1.29, 1.82) is 10.5 Å². The van der Waals surface area contributed by atoms with E-state index < -0.39 is 5.82 Å². The lowest BCUT2D eigenvalue weighted by atomic mass is 9.90. The number of hydrogen-bond acceptors (Lipinski definition) is 2. The van der Waals surface area contributed by atoms with Gasteiger partial charge in [-0.05, 0) is 67.7 Å². The smallest absolute Gasteiger partial charge is 0.158 e. The Balaban J connectivity index is 0.000000994. The number of rotatable bonds is 1. The highest BCUT2D eigenvalue weighted by molar-refractivity contribution is 6.23. The highest BCUT2D eigenvalue weighted by atomic mass is 19.1. The molecule has 138 valence electrons. The molecule has 0 saturated carbocycles. The van der Waals surface area contributed by atoms with Gasteiger partial charge in [0.15, 0.2) is 5.82 Å². The molecule has 0 spiro atoms. The number of hydrogen-bond donors (Lipinski definition) is 0. The van der Waals surface area contributed by atoms with E-state index in [4.69, 9.17) is 0 Å². The summed E-state index contributed by atoms with van der Waals surface area (Å²) in [7, 11) is 0. The fourth-order valence-corrected chi connectivity index (χ4v) is 3.87. The van der Waals surface area contributed by atoms with Gasteiger partial charge in [0.1, 0.15) is 12.1 Å². The molecule has 0 aromatic heterocycles. The van der Waals surface area contributed by atoms with Crippen molar-refractivity contribution in [3.05, 3.63) is 83.7 Å². The lowest BCUT2D eigenvalue weighted by Crippen LogP contribution is -1.92. The standard InChI is InChI=1S/C24H11FN2.C2H6/c25-24-20(12-26)10-19(11-21(24)13-27)18-8-16-6-4-14-2-1-3-15-5-7-17(9-18)23(16)22(14)15;1-2/h1-11H;1-2H3. The summed E-state index contributed by atoms with van der Waals surface area (Å²) < 4.78 is 14.1. The predicted molar refractivity (Wildman–Crippen MR) is 116 cm³/mol. The Labute approximate surface area is 168 Å². The molecule has 0 atom stereocenters. The predicted octanol–water partition coefficient (Wildman–Crippen LogP) is 7.16. The largest absolute Gasteiger partial charge is 0.204 e. The lowest BCUT2D eigenvalue weighted by Gasteiger charge is -2.13. The average molecular weight is 376 g/mol. The van der Waals surface area contributed by atoms with E-state index in [0.717, 1.165) is 16.3 Å². The molecule has 0 unspecified atom stereocenters. The molecule has 0 aliphatic heterocycles. The van der Waals surface area contributed by atoms with Crippen LogP contribution in [0.15, 0.2) is 66.7 Å². The zero-order valence-electron chi connectivity index (χ0n) is 16.1. The van der Waals surface area contributed by atoms with E-state index in [-0.39, 0.29) is 11.1 Å². The molecule has 29 heavy (non-hydrogen) atoms. The minimum absolute atomic E-state index is 0.117. The van der Waals surface area contributed by atoms with E-state index in [2.05, 4.69) is 42.5 Å². The average Bonchev–Trinajstić information content (AvgIpc) is 2.78. The third-order valence-corrected chi connectivity index (χ3v) is 5.11. The van der Waals surface area contributed by atoms with E-state index in [1.165, 1.54) is 33.7 Å². The Morgan fingerprint density at radius 2 is 1.03 bits per heavy atom. The molecular weight excluding hydrogens is 359 g/mol. The summed E-state index contributed by atoms with van der Waals surface area (Å²) >= 11 is 0. The normalized spacial score (nSPS) is 10.5. The van der Waals surface area contributed by atoms with E-state index in [9.17, 15) is 14.9 Å². The minimum Gasteiger partial charge on any atom is -0.204 e. The lowest BCUT2D eigenvalue weighted by molar-refractivity contribution is 0.620. The van der Waals surface area contributed by atoms with Crippen LogP contribution in [0.25, 0.3) is 43.4 Å². The fraction of sp³-hybridized carbons (Fsp3) is 0.0769. The van der Waals surface area contributed by atoms with Gasteiger partial charge in [0, 0.05) is 0 Å². The molecule has 2 nitrogen and oxygen atoms in total. The van der Waals surface area contributed by atoms with Gasteiger partial charge in [-0.25, -0.2) is 4.39 Å². The first-order chi connectivity index (χ1) is 14.2. The summed E-state index contributed by atoms with van der Waals surface area (Å²) in [5.74, 6) is -0.763. The molecule has 0 heterocycles. The third-order valence-electron chi connectivity index (χ3n) is 5.11. The summed E-state index contributed by atoms with van der Waals surface area (Å²) in [5.41, 5.74) is 1.28. The van der Waals surface area contributed by atoms with E-state index in [1.807, 2.05) is 38.1 Å². The van der Waals surface area contributed by atoms with Gasteiger partial charge in [-0.15, -0.1) is 0 Å². The maximum Gasteiger partial charge on any atom is 0.158 e. The highest BCUT2D eigenvalue weighted by Crippen LogP contribution is 2.37. The topological polar surface area (TPSA) is 47.6 Å². The number of nitriles is 2. The van der Waals surface area contributed by atoms with Crippen LogP contribution in [0.1, 0.15) is 25.0 Å². The van der Waals surface area contributed by atoms with Crippen LogP contribution in [0.2, 0.25) is 0 Å². The molecular formula is C26H17FN2. The van der Waals surface area contributed by atoms with Crippen molar-refractivity contribution in [1.82, 2.24) is 0 Å². The van der Waals surface area contributed by atoms with Crippen molar-refractivity contribution in [2.24, 2.45) is 0 Å². The SMILES string of the molecule is CC.N#Cc1cc(-c2cc3ccc4cccc5ccc(c2)c3c45)cc(C#N)c1F. The zero-order valence-corrected chi connectivity index (χ0v) is 16.1. The molecule has 0 saturated heterocycles. The van der Waals surface area contributed by atoms with Gasteiger partial charge in [-0.1, -0.05) is 56.3 Å². The first-order valence-corrected chi connectivity index (χ1v) is 9.51. The monoisotopic (exact) mass is 376 g/mol. The molecule has 0 amide bonds. The van der Waals surface area contributed by atoms with E-state index in [1.54, 1.807) is 0 Å². The number of halogens is 1. The van der Waals surface area contributed by atoms with Crippen LogP contribution in [0.3, 0.4) is 0 Å². The second-order valence-electron chi connectivity index (χ2n) is 6.62. The molecule has 5 aromatic rings. The van der Waals surface area contributed by atoms with Crippen molar-refractivity contribution in [3.8, 4) is 23.3 Å².